The molecule has 0 fully saturated rings. The van der Waals surface area contributed by atoms with Crippen molar-refractivity contribution in [3.8, 4) is 6.07 Å². The number of nitrogen functional groups attached to an aromatic ring is 1. The zero-order valence-corrected chi connectivity index (χ0v) is 9.31. The van der Waals surface area contributed by atoms with Crippen LogP contribution in [0.5, 0.6) is 0 Å². The van der Waals surface area contributed by atoms with Crippen molar-refractivity contribution in [1.82, 2.24) is 9.97 Å². The largest absolute Gasteiger partial charge is 0.383 e. The van der Waals surface area contributed by atoms with Crippen LogP contribution >= 0.6 is 0 Å². The number of nitriles is 1. The minimum atomic E-state index is 0.442. The number of nitrogens with two attached hydrogens (primary N) is 1. The number of aromatic nitrogens is 2. The summed E-state index contributed by atoms with van der Waals surface area (Å²) in [5.41, 5.74) is 7.95. The molecule has 0 amide bonds. The summed E-state index contributed by atoms with van der Waals surface area (Å²) in [5.74, 6) is 0.897. The molecule has 5 nitrogen and oxygen atoms in total. The van der Waals surface area contributed by atoms with E-state index in [1.165, 1.54) is 0 Å². The van der Waals surface area contributed by atoms with Gasteiger partial charge in [-0.15, -0.1) is 0 Å². The number of benzene rings is 1. The van der Waals surface area contributed by atoms with Crippen molar-refractivity contribution < 1.29 is 0 Å². The number of hydrogen-bond acceptors (Lipinski definition) is 5. The van der Waals surface area contributed by atoms with E-state index in [-0.39, 0.29) is 0 Å². The second-order valence-corrected chi connectivity index (χ2v) is 3.58. The first-order valence-electron chi connectivity index (χ1n) is 5.05. The first kappa shape index (κ1) is 10.9. The first-order valence-corrected chi connectivity index (χ1v) is 5.05. The average molecular weight is 225 g/mol. The van der Waals surface area contributed by atoms with Crippen molar-refractivity contribution in [3.63, 3.8) is 0 Å². The van der Waals surface area contributed by atoms with E-state index in [1.807, 2.05) is 6.92 Å². The molecule has 0 aliphatic heterocycles. The maximum atomic E-state index is 8.67. The lowest BCUT2D eigenvalue weighted by atomic mass is 10.2. The summed E-state index contributed by atoms with van der Waals surface area (Å²) >= 11 is 0. The third kappa shape index (κ3) is 2.49. The van der Waals surface area contributed by atoms with Gasteiger partial charge in [-0.05, 0) is 31.2 Å². The SMILES string of the molecule is Cc1cnc(Nc2ccc(C#N)cc2)nc1N. The molecule has 84 valence electrons. The predicted molar refractivity (Wildman–Crippen MR) is 65.6 cm³/mol. The summed E-state index contributed by atoms with van der Waals surface area (Å²) in [5, 5.41) is 11.7. The molecule has 1 aromatic heterocycles. The predicted octanol–water partition coefficient (Wildman–Crippen LogP) is 1.98. The highest BCUT2D eigenvalue weighted by molar-refractivity contribution is 5.56. The molecule has 2 rings (SSSR count). The smallest absolute Gasteiger partial charge is 0.229 e. The molecule has 0 bridgehead atoms. The van der Waals surface area contributed by atoms with Crippen molar-refractivity contribution in [2.24, 2.45) is 0 Å². The molecule has 0 atom stereocenters. The maximum absolute atomic E-state index is 8.67. The van der Waals surface area contributed by atoms with Gasteiger partial charge >= 0.3 is 0 Å². The molecule has 1 aromatic carbocycles. The van der Waals surface area contributed by atoms with Gasteiger partial charge in [-0.25, -0.2) is 4.98 Å². The van der Waals surface area contributed by atoms with Gasteiger partial charge in [0, 0.05) is 17.4 Å². The van der Waals surface area contributed by atoms with Crippen LogP contribution in [0.4, 0.5) is 17.5 Å². The van der Waals surface area contributed by atoms with E-state index >= 15 is 0 Å². The summed E-state index contributed by atoms with van der Waals surface area (Å²) in [4.78, 5) is 8.21. The lowest BCUT2D eigenvalue weighted by Gasteiger charge is -2.06. The third-order valence-corrected chi connectivity index (χ3v) is 2.28. The van der Waals surface area contributed by atoms with E-state index in [0.717, 1.165) is 11.3 Å². The highest BCUT2D eigenvalue weighted by atomic mass is 15.1. The van der Waals surface area contributed by atoms with Crippen LogP contribution in [0, 0.1) is 18.3 Å². The van der Waals surface area contributed by atoms with Gasteiger partial charge in [-0.3, -0.25) is 0 Å². The fraction of sp³-hybridized carbons (Fsp3) is 0.0833. The van der Waals surface area contributed by atoms with Gasteiger partial charge in [0.2, 0.25) is 5.95 Å². The quantitative estimate of drug-likeness (QED) is 0.815. The van der Waals surface area contributed by atoms with E-state index in [1.54, 1.807) is 30.5 Å². The number of aryl methyl sites for hydroxylation is 1. The summed E-state index contributed by atoms with van der Waals surface area (Å²) in [6, 6.07) is 9.08. The lowest BCUT2D eigenvalue weighted by Crippen LogP contribution is -2.01. The Morgan fingerprint density at radius 2 is 2.00 bits per heavy atom. The van der Waals surface area contributed by atoms with Crippen LogP contribution in [0.25, 0.3) is 0 Å². The lowest BCUT2D eigenvalue weighted by molar-refractivity contribution is 1.14. The second-order valence-electron chi connectivity index (χ2n) is 3.58. The number of anilines is 3. The fourth-order valence-electron chi connectivity index (χ4n) is 1.27. The molecule has 3 N–H and O–H groups in total. The van der Waals surface area contributed by atoms with E-state index in [4.69, 9.17) is 11.0 Å². The van der Waals surface area contributed by atoms with Crippen LogP contribution in [0.15, 0.2) is 30.5 Å². The Balaban J connectivity index is 2.20. The average Bonchev–Trinajstić information content (AvgIpc) is 2.35. The normalized spacial score (nSPS) is 9.65. The molecule has 0 spiro atoms. The third-order valence-electron chi connectivity index (χ3n) is 2.28. The van der Waals surface area contributed by atoms with Crippen LogP contribution in [-0.2, 0) is 0 Å². The van der Waals surface area contributed by atoms with Crippen molar-refractivity contribution >= 4 is 17.5 Å². The summed E-state index contributed by atoms with van der Waals surface area (Å²) < 4.78 is 0. The number of hydrogen-bond donors (Lipinski definition) is 2. The van der Waals surface area contributed by atoms with Crippen LogP contribution in [0.2, 0.25) is 0 Å². The number of nitrogens with one attached hydrogen (secondary N) is 1. The Labute approximate surface area is 98.9 Å². The van der Waals surface area contributed by atoms with Gasteiger partial charge in [-0.1, -0.05) is 0 Å². The molecule has 0 unspecified atom stereocenters. The summed E-state index contributed by atoms with van der Waals surface area (Å²) in [6.07, 6.45) is 1.66. The van der Waals surface area contributed by atoms with Crippen LogP contribution < -0.4 is 11.1 Å². The van der Waals surface area contributed by atoms with Crippen molar-refractivity contribution in [3.05, 3.63) is 41.6 Å². The van der Waals surface area contributed by atoms with Crippen LogP contribution in [-0.4, -0.2) is 9.97 Å². The minimum absolute atomic E-state index is 0.442. The minimum Gasteiger partial charge on any atom is -0.383 e. The van der Waals surface area contributed by atoms with Gasteiger partial charge in [-0.2, -0.15) is 10.2 Å². The van der Waals surface area contributed by atoms with E-state index in [0.29, 0.717) is 17.3 Å². The topological polar surface area (TPSA) is 87.6 Å². The van der Waals surface area contributed by atoms with E-state index in [9.17, 15) is 0 Å². The monoisotopic (exact) mass is 225 g/mol. The zero-order valence-electron chi connectivity index (χ0n) is 9.31. The van der Waals surface area contributed by atoms with E-state index in [2.05, 4.69) is 21.4 Å². The molecular weight excluding hydrogens is 214 g/mol. The first-order chi connectivity index (χ1) is 8.19. The molecule has 17 heavy (non-hydrogen) atoms. The van der Waals surface area contributed by atoms with Crippen LogP contribution in [0.1, 0.15) is 11.1 Å². The molecule has 1 heterocycles. The maximum Gasteiger partial charge on any atom is 0.229 e. The van der Waals surface area contributed by atoms with Gasteiger partial charge < -0.3 is 11.1 Å². The Morgan fingerprint density at radius 3 is 2.59 bits per heavy atom. The molecular formula is C12H11N5. The standard InChI is InChI=1S/C12H11N5/c1-8-7-15-12(17-11(8)14)16-10-4-2-9(6-13)3-5-10/h2-5,7H,1H3,(H3,14,15,16,17). The second kappa shape index (κ2) is 4.49. The Bertz CT molecular complexity index is 568. The highest BCUT2D eigenvalue weighted by Crippen LogP contribution is 2.15. The Morgan fingerprint density at radius 1 is 1.29 bits per heavy atom. The van der Waals surface area contributed by atoms with Gasteiger partial charge in [0.05, 0.1) is 11.6 Å². The van der Waals surface area contributed by atoms with Gasteiger partial charge in [0.15, 0.2) is 0 Å². The van der Waals surface area contributed by atoms with Gasteiger partial charge in [0.25, 0.3) is 0 Å². The number of nitrogens with zero attached hydrogens (tertiary/aromatic N) is 3. The molecule has 0 saturated carbocycles. The molecule has 5 heteroatoms. The van der Waals surface area contributed by atoms with E-state index < -0.39 is 0 Å². The number of rotatable bonds is 2. The molecule has 0 aliphatic carbocycles. The molecule has 0 aliphatic rings. The van der Waals surface area contributed by atoms with Crippen molar-refractivity contribution in [1.29, 1.82) is 5.26 Å². The Kier molecular flexibility index (Phi) is 2.88. The highest BCUT2D eigenvalue weighted by Gasteiger charge is 2.01. The van der Waals surface area contributed by atoms with Gasteiger partial charge in [0.1, 0.15) is 5.82 Å². The summed E-state index contributed by atoms with van der Waals surface area (Å²) in [6.45, 7) is 1.85. The summed E-state index contributed by atoms with van der Waals surface area (Å²) in [7, 11) is 0. The molecule has 2 aromatic rings. The van der Waals surface area contributed by atoms with Crippen molar-refractivity contribution in [2.45, 2.75) is 6.92 Å². The van der Waals surface area contributed by atoms with Crippen molar-refractivity contribution in [2.75, 3.05) is 11.1 Å². The van der Waals surface area contributed by atoms with Crippen LogP contribution in [0.3, 0.4) is 0 Å². The molecule has 0 radical (unpaired) electrons. The fourth-order valence-corrected chi connectivity index (χ4v) is 1.27. The molecule has 0 saturated heterocycles. The zero-order chi connectivity index (χ0) is 12.3. The Hall–Kier alpha value is -2.61.